The van der Waals surface area contributed by atoms with Gasteiger partial charge in [0.2, 0.25) is 0 Å². The fourth-order valence-corrected chi connectivity index (χ4v) is 2.90. The molecule has 16 heavy (non-hydrogen) atoms. The molecule has 1 nitrogen and oxygen atoms in total. The van der Waals surface area contributed by atoms with Gasteiger partial charge in [-0.15, -0.1) is 0 Å². The predicted octanol–water partition coefficient (Wildman–Crippen LogP) is 4.52. The summed E-state index contributed by atoms with van der Waals surface area (Å²) >= 11 is 9.56. The summed E-state index contributed by atoms with van der Waals surface area (Å²) in [5.41, 5.74) is 1.56. The van der Waals surface area contributed by atoms with Gasteiger partial charge >= 0.3 is 0 Å². The molecule has 1 aliphatic rings. The van der Waals surface area contributed by atoms with Crippen LogP contribution < -0.4 is 5.32 Å². The summed E-state index contributed by atoms with van der Waals surface area (Å²) in [6.07, 6.45) is 5.26. The normalized spacial score (nSPS) is 18.9. The van der Waals surface area contributed by atoms with Crippen molar-refractivity contribution >= 4 is 27.5 Å². The molecule has 0 bridgehead atoms. The van der Waals surface area contributed by atoms with Crippen molar-refractivity contribution in [2.24, 2.45) is 0 Å². The molecule has 88 valence electrons. The van der Waals surface area contributed by atoms with Crippen LogP contribution in [0.1, 0.15) is 38.2 Å². The average molecular weight is 303 g/mol. The molecule has 1 aromatic carbocycles. The minimum Gasteiger partial charge on any atom is -0.307 e. The van der Waals surface area contributed by atoms with Gasteiger partial charge in [-0.2, -0.15) is 0 Å². The number of halogens is 2. The molecule has 0 unspecified atom stereocenters. The molecular formula is C13H17BrClN. The van der Waals surface area contributed by atoms with Crippen LogP contribution >= 0.6 is 27.5 Å². The summed E-state index contributed by atoms with van der Waals surface area (Å²) in [4.78, 5) is 0. The van der Waals surface area contributed by atoms with E-state index < -0.39 is 0 Å². The van der Waals surface area contributed by atoms with Gasteiger partial charge in [0.15, 0.2) is 0 Å². The maximum absolute atomic E-state index is 6.00. The summed E-state index contributed by atoms with van der Waals surface area (Å²) in [7, 11) is 0. The second kappa shape index (κ2) is 5.07. The van der Waals surface area contributed by atoms with Gasteiger partial charge in [0.1, 0.15) is 0 Å². The van der Waals surface area contributed by atoms with Crippen LogP contribution in [0.15, 0.2) is 22.7 Å². The van der Waals surface area contributed by atoms with Crippen molar-refractivity contribution in [1.82, 2.24) is 5.32 Å². The van der Waals surface area contributed by atoms with E-state index in [4.69, 9.17) is 11.6 Å². The van der Waals surface area contributed by atoms with E-state index in [-0.39, 0.29) is 0 Å². The summed E-state index contributed by atoms with van der Waals surface area (Å²) in [5, 5.41) is 4.46. The van der Waals surface area contributed by atoms with Gasteiger partial charge in [-0.05, 0) is 43.5 Å². The van der Waals surface area contributed by atoms with Gasteiger partial charge < -0.3 is 5.32 Å². The largest absolute Gasteiger partial charge is 0.307 e. The highest BCUT2D eigenvalue weighted by atomic mass is 79.9. The first kappa shape index (κ1) is 12.4. The summed E-state index contributed by atoms with van der Waals surface area (Å²) < 4.78 is 1.13. The summed E-state index contributed by atoms with van der Waals surface area (Å²) in [5.74, 6) is 0. The van der Waals surface area contributed by atoms with Crippen LogP contribution in [0.2, 0.25) is 5.02 Å². The molecule has 1 N–H and O–H groups in total. The van der Waals surface area contributed by atoms with Crippen LogP contribution in [-0.2, 0) is 6.54 Å². The lowest BCUT2D eigenvalue weighted by Gasteiger charge is -2.25. The van der Waals surface area contributed by atoms with Crippen LogP contribution in [0, 0.1) is 0 Å². The van der Waals surface area contributed by atoms with E-state index in [2.05, 4.69) is 28.2 Å². The first-order chi connectivity index (χ1) is 7.59. The average Bonchev–Trinajstić information content (AvgIpc) is 2.67. The molecule has 0 amide bonds. The Bertz CT molecular complexity index is 372. The minimum absolute atomic E-state index is 0.321. The van der Waals surface area contributed by atoms with E-state index in [1.165, 1.54) is 31.2 Å². The Morgan fingerprint density at radius 3 is 2.75 bits per heavy atom. The van der Waals surface area contributed by atoms with E-state index in [9.17, 15) is 0 Å². The Hall–Kier alpha value is -0.0500. The smallest absolute Gasteiger partial charge is 0.0410 e. The van der Waals surface area contributed by atoms with Crippen LogP contribution in [0.25, 0.3) is 0 Å². The van der Waals surface area contributed by atoms with Crippen LogP contribution in [-0.4, -0.2) is 5.54 Å². The zero-order chi connectivity index (χ0) is 11.6. The third-order valence-corrected chi connectivity index (χ3v) is 4.43. The molecule has 0 aromatic heterocycles. The molecule has 0 atom stereocenters. The highest BCUT2D eigenvalue weighted by molar-refractivity contribution is 9.10. The maximum atomic E-state index is 6.00. The minimum atomic E-state index is 0.321. The molecule has 0 spiro atoms. The lowest BCUT2D eigenvalue weighted by Crippen LogP contribution is -2.38. The molecular weight excluding hydrogens is 286 g/mol. The molecule has 1 saturated carbocycles. The van der Waals surface area contributed by atoms with Crippen LogP contribution in [0.5, 0.6) is 0 Å². The molecule has 3 heteroatoms. The Morgan fingerprint density at radius 2 is 2.06 bits per heavy atom. The van der Waals surface area contributed by atoms with Crippen molar-refractivity contribution in [3.63, 3.8) is 0 Å². The van der Waals surface area contributed by atoms with E-state index in [0.29, 0.717) is 5.54 Å². The van der Waals surface area contributed by atoms with Gasteiger partial charge in [-0.3, -0.25) is 0 Å². The van der Waals surface area contributed by atoms with Crippen molar-refractivity contribution < 1.29 is 0 Å². The maximum Gasteiger partial charge on any atom is 0.0410 e. The first-order valence-corrected chi connectivity index (χ1v) is 6.95. The van der Waals surface area contributed by atoms with Crippen LogP contribution in [0.3, 0.4) is 0 Å². The van der Waals surface area contributed by atoms with Crippen LogP contribution in [0.4, 0.5) is 0 Å². The van der Waals surface area contributed by atoms with Crippen molar-refractivity contribution in [2.45, 2.75) is 44.7 Å². The fourth-order valence-electron chi connectivity index (χ4n) is 2.32. The van der Waals surface area contributed by atoms with Gasteiger partial charge in [0, 0.05) is 21.6 Å². The molecule has 0 saturated heterocycles. The second-order valence-corrected chi connectivity index (χ2v) is 6.15. The van der Waals surface area contributed by atoms with Crippen molar-refractivity contribution in [3.8, 4) is 0 Å². The summed E-state index contributed by atoms with van der Waals surface area (Å²) in [6.45, 7) is 3.20. The SMILES string of the molecule is CC1(NCc2cc(Cl)ccc2Br)CCCC1. The van der Waals surface area contributed by atoms with Gasteiger partial charge in [-0.25, -0.2) is 0 Å². The van der Waals surface area contributed by atoms with E-state index in [1.54, 1.807) is 0 Å². The van der Waals surface area contributed by atoms with Crippen molar-refractivity contribution in [3.05, 3.63) is 33.3 Å². The Kier molecular flexibility index (Phi) is 3.93. The zero-order valence-electron chi connectivity index (χ0n) is 9.52. The number of rotatable bonds is 3. The van der Waals surface area contributed by atoms with E-state index >= 15 is 0 Å². The highest BCUT2D eigenvalue weighted by Crippen LogP contribution is 2.30. The molecule has 2 rings (SSSR count). The topological polar surface area (TPSA) is 12.0 Å². The highest BCUT2D eigenvalue weighted by Gasteiger charge is 2.27. The number of nitrogens with one attached hydrogen (secondary N) is 1. The molecule has 0 aliphatic heterocycles. The van der Waals surface area contributed by atoms with E-state index in [0.717, 1.165) is 16.0 Å². The Balaban J connectivity index is 2.01. The molecule has 0 heterocycles. The molecule has 1 fully saturated rings. The Labute approximate surface area is 111 Å². The number of hydrogen-bond donors (Lipinski definition) is 1. The lowest BCUT2D eigenvalue weighted by atomic mass is 10.0. The summed E-state index contributed by atoms with van der Waals surface area (Å²) in [6, 6.07) is 5.94. The lowest BCUT2D eigenvalue weighted by molar-refractivity contribution is 0.362. The molecule has 1 aromatic rings. The molecule has 0 radical (unpaired) electrons. The monoisotopic (exact) mass is 301 g/mol. The van der Waals surface area contributed by atoms with Crippen molar-refractivity contribution in [2.75, 3.05) is 0 Å². The first-order valence-electron chi connectivity index (χ1n) is 5.78. The third kappa shape index (κ3) is 2.99. The number of hydrogen-bond acceptors (Lipinski definition) is 1. The van der Waals surface area contributed by atoms with Gasteiger partial charge in [0.05, 0.1) is 0 Å². The second-order valence-electron chi connectivity index (χ2n) is 4.86. The standard InChI is InChI=1S/C13H17BrClN/c1-13(6-2-3-7-13)16-9-10-8-11(15)4-5-12(10)14/h4-5,8,16H,2-3,6-7,9H2,1H3. The molecule has 1 aliphatic carbocycles. The quantitative estimate of drug-likeness (QED) is 0.865. The van der Waals surface area contributed by atoms with E-state index in [1.807, 2.05) is 18.2 Å². The number of benzene rings is 1. The van der Waals surface area contributed by atoms with Crippen molar-refractivity contribution in [1.29, 1.82) is 0 Å². The predicted molar refractivity (Wildman–Crippen MR) is 72.9 cm³/mol. The fraction of sp³-hybridized carbons (Fsp3) is 0.538. The van der Waals surface area contributed by atoms with Gasteiger partial charge in [-0.1, -0.05) is 40.4 Å². The zero-order valence-corrected chi connectivity index (χ0v) is 11.9. The third-order valence-electron chi connectivity index (χ3n) is 3.42. The van der Waals surface area contributed by atoms with Gasteiger partial charge in [0.25, 0.3) is 0 Å². The Morgan fingerprint density at radius 1 is 1.38 bits per heavy atom.